The van der Waals surface area contributed by atoms with Crippen LogP contribution < -0.4 is 5.32 Å². The van der Waals surface area contributed by atoms with Crippen molar-refractivity contribution in [2.75, 3.05) is 6.61 Å². The highest BCUT2D eigenvalue weighted by Crippen LogP contribution is 2.66. The highest BCUT2D eigenvalue weighted by atomic mass is 19.3. The average Bonchev–Trinajstić information content (AvgIpc) is 3.54. The fourth-order valence-electron chi connectivity index (χ4n) is 10.0. The molecule has 1 aromatic rings. The van der Waals surface area contributed by atoms with Gasteiger partial charge in [0.2, 0.25) is 0 Å². The van der Waals surface area contributed by atoms with E-state index >= 15 is 0 Å². The van der Waals surface area contributed by atoms with Gasteiger partial charge in [0, 0.05) is 31.1 Å². The number of hydrogen-bond acceptors (Lipinski definition) is 13. The molecule has 2 saturated carbocycles. The molecule has 12 atom stereocenters. The van der Waals surface area contributed by atoms with Crippen LogP contribution in [0.25, 0.3) is 0 Å². The van der Waals surface area contributed by atoms with Gasteiger partial charge in [0.05, 0.1) is 24.2 Å². The molecule has 2 aliphatic heterocycles. The molecule has 16 heteroatoms. The second-order valence-corrected chi connectivity index (χ2v) is 18.1. The number of amides is 1. The Labute approximate surface area is 336 Å². The van der Waals surface area contributed by atoms with Crippen LogP contribution in [0.4, 0.5) is 13.6 Å². The molecule has 0 aromatic heterocycles. The lowest BCUT2D eigenvalue weighted by molar-refractivity contribution is -0.345. The Kier molecular flexibility index (Phi) is 11.2. The van der Waals surface area contributed by atoms with Crippen molar-refractivity contribution in [2.45, 2.75) is 153 Å². The summed E-state index contributed by atoms with van der Waals surface area (Å²) in [6, 6.07) is 5.62. The molecule has 0 unspecified atom stereocenters. The number of hydrogen-bond donors (Lipinski definition) is 3. The summed E-state index contributed by atoms with van der Waals surface area (Å²) in [4.78, 5) is 53.6. The van der Waals surface area contributed by atoms with E-state index in [2.05, 4.69) is 6.58 Å². The SMILES string of the molecule is C=C[C@@H]1O[C@@H]2C3=C(C)[C@@H](OC(=O)[C@H](O)[C@@H](NC(=O)OC(C)(C)C)C(C)(F)F)C[C@@](O)([C@@H](OC(=O)c4ccccc4)[C@H]4[C@@](C)(CC[C@H]5OC[C@]54OC(C)=O)[C@@H]2O1)C3(C)C. The predicted molar refractivity (Wildman–Crippen MR) is 200 cm³/mol. The van der Waals surface area contributed by atoms with Crippen LogP contribution >= 0.6 is 0 Å². The minimum absolute atomic E-state index is 0.0971. The number of aliphatic hydroxyl groups excluding tert-OH is 1. The van der Waals surface area contributed by atoms with Crippen molar-refractivity contribution in [2.24, 2.45) is 16.7 Å². The van der Waals surface area contributed by atoms with Gasteiger partial charge in [-0.05, 0) is 69.9 Å². The van der Waals surface area contributed by atoms with E-state index in [9.17, 15) is 38.2 Å². The van der Waals surface area contributed by atoms with Gasteiger partial charge in [0.1, 0.15) is 41.7 Å². The lowest BCUT2D eigenvalue weighted by Crippen LogP contribution is -2.79. The van der Waals surface area contributed by atoms with Crippen molar-refractivity contribution < 1.29 is 71.3 Å². The van der Waals surface area contributed by atoms with Crippen LogP contribution in [0.2, 0.25) is 0 Å². The molecule has 320 valence electrons. The first-order valence-electron chi connectivity index (χ1n) is 19.5. The smallest absolute Gasteiger partial charge is 0.408 e. The van der Waals surface area contributed by atoms with Gasteiger partial charge < -0.3 is 48.7 Å². The number of fused-ring (bicyclic) bond motifs is 8. The van der Waals surface area contributed by atoms with Crippen molar-refractivity contribution in [1.82, 2.24) is 5.32 Å². The summed E-state index contributed by atoms with van der Waals surface area (Å²) in [5.74, 6) is -7.86. The van der Waals surface area contributed by atoms with Crippen LogP contribution in [-0.2, 0) is 42.7 Å². The van der Waals surface area contributed by atoms with E-state index < -0.39 is 119 Å². The van der Waals surface area contributed by atoms with Gasteiger partial charge >= 0.3 is 24.0 Å². The van der Waals surface area contributed by atoms with Gasteiger partial charge in [-0.15, -0.1) is 0 Å². The summed E-state index contributed by atoms with van der Waals surface area (Å²) in [5, 5.41) is 26.7. The molecule has 6 rings (SSSR count). The topological polar surface area (TPSA) is 185 Å². The number of alkyl carbamates (subject to hydrolysis) is 1. The largest absolute Gasteiger partial charge is 0.456 e. The molecular formula is C42H55F2NO13. The molecule has 58 heavy (non-hydrogen) atoms. The fourth-order valence-corrected chi connectivity index (χ4v) is 10.0. The molecule has 1 aromatic carbocycles. The average molecular weight is 820 g/mol. The van der Waals surface area contributed by atoms with Gasteiger partial charge in [-0.2, -0.15) is 0 Å². The van der Waals surface area contributed by atoms with Crippen LogP contribution in [0.1, 0.15) is 91.9 Å². The molecule has 2 bridgehead atoms. The number of nitrogens with one attached hydrogen (secondary N) is 1. The first-order valence-corrected chi connectivity index (χ1v) is 19.5. The monoisotopic (exact) mass is 819 g/mol. The number of alkyl halides is 2. The van der Waals surface area contributed by atoms with Gasteiger partial charge in [-0.25, -0.2) is 23.2 Å². The number of ether oxygens (including phenoxy) is 7. The molecular weight excluding hydrogens is 764 g/mol. The summed E-state index contributed by atoms with van der Waals surface area (Å²) in [5.41, 5.74) is -6.22. The number of esters is 3. The third-order valence-electron chi connectivity index (χ3n) is 12.7. The normalized spacial score (nSPS) is 36.2. The second kappa shape index (κ2) is 14.9. The molecule has 2 saturated heterocycles. The van der Waals surface area contributed by atoms with Crippen molar-refractivity contribution >= 4 is 24.0 Å². The molecule has 5 aliphatic rings. The number of halogens is 2. The van der Waals surface area contributed by atoms with Crippen LogP contribution in [0, 0.1) is 16.7 Å². The Morgan fingerprint density at radius 2 is 1.71 bits per heavy atom. The van der Waals surface area contributed by atoms with Crippen LogP contribution in [0.15, 0.2) is 54.1 Å². The van der Waals surface area contributed by atoms with Crippen LogP contribution in [0.3, 0.4) is 0 Å². The van der Waals surface area contributed by atoms with E-state index in [1.54, 1.807) is 51.1 Å². The standard InChI is InChI=1S/C42H55F2NO13/c1-11-26-54-29-27-21(2)24(53-35(49)28(47)31(40(10,43)44)45-36(50)58-37(4,5)6)19-42(51,38(27,7)8)33(56-34(48)23-15-13-12-14-16-23)30-39(9,32(29)55-26)18-17-25-41(30,20-52-25)57-22(3)46/h11-16,24-26,28-33,47,51H,1,17-20H2,2-10H3,(H,45,50)/t24-,25+,26+,28+,29+,30-,31+,32+,33-,39+,41-,42+/m0/s1. The first kappa shape index (κ1) is 43.6. The van der Waals surface area contributed by atoms with Gasteiger partial charge in [-0.1, -0.05) is 45.5 Å². The van der Waals surface area contributed by atoms with E-state index in [1.165, 1.54) is 33.8 Å². The number of benzene rings is 1. The van der Waals surface area contributed by atoms with Crippen molar-refractivity contribution in [3.63, 3.8) is 0 Å². The maximum absolute atomic E-state index is 15.0. The summed E-state index contributed by atoms with van der Waals surface area (Å²) in [6.45, 7) is 17.0. The quantitative estimate of drug-likeness (QED) is 0.173. The predicted octanol–water partition coefficient (Wildman–Crippen LogP) is 4.94. The van der Waals surface area contributed by atoms with Crippen molar-refractivity contribution in [3.05, 3.63) is 59.7 Å². The Bertz CT molecular complexity index is 1840. The third-order valence-corrected chi connectivity index (χ3v) is 12.7. The molecule has 14 nitrogen and oxygen atoms in total. The molecule has 0 spiro atoms. The fraction of sp³-hybridized carbons (Fsp3) is 0.667. The summed E-state index contributed by atoms with van der Waals surface area (Å²) in [6.07, 6.45) is -8.53. The summed E-state index contributed by atoms with van der Waals surface area (Å²) in [7, 11) is 0. The zero-order chi connectivity index (χ0) is 43.0. The molecule has 1 amide bonds. The Morgan fingerprint density at radius 3 is 2.26 bits per heavy atom. The molecule has 3 aliphatic carbocycles. The van der Waals surface area contributed by atoms with Crippen molar-refractivity contribution in [3.8, 4) is 0 Å². The minimum Gasteiger partial charge on any atom is -0.456 e. The molecule has 4 fully saturated rings. The van der Waals surface area contributed by atoms with Gasteiger partial charge in [-0.3, -0.25) is 4.79 Å². The Hall–Kier alpha value is -3.96. The molecule has 0 radical (unpaired) electrons. The lowest BCUT2D eigenvalue weighted by atomic mass is 9.45. The van der Waals surface area contributed by atoms with E-state index in [0.29, 0.717) is 30.9 Å². The second-order valence-electron chi connectivity index (χ2n) is 18.1. The maximum Gasteiger partial charge on any atom is 0.408 e. The third kappa shape index (κ3) is 7.33. The summed E-state index contributed by atoms with van der Waals surface area (Å²) >= 11 is 0. The van der Waals surface area contributed by atoms with E-state index in [-0.39, 0.29) is 12.2 Å². The van der Waals surface area contributed by atoms with Crippen LogP contribution in [0.5, 0.6) is 0 Å². The first-order chi connectivity index (χ1) is 26.8. The summed E-state index contributed by atoms with van der Waals surface area (Å²) < 4.78 is 72.9. The molecule has 3 N–H and O–H groups in total. The molecule has 2 heterocycles. The van der Waals surface area contributed by atoms with E-state index in [0.717, 1.165) is 0 Å². The number of carbonyl (C=O) groups is 4. The van der Waals surface area contributed by atoms with Gasteiger partial charge in [0.25, 0.3) is 5.92 Å². The highest BCUT2D eigenvalue weighted by molar-refractivity contribution is 5.89. The number of rotatable bonds is 9. The Morgan fingerprint density at radius 1 is 1.05 bits per heavy atom. The zero-order valence-corrected chi connectivity index (χ0v) is 34.3. The van der Waals surface area contributed by atoms with E-state index in [1.807, 2.05) is 12.2 Å². The van der Waals surface area contributed by atoms with Crippen LogP contribution in [-0.4, -0.2) is 113 Å². The highest BCUT2D eigenvalue weighted by Gasteiger charge is 2.77. The maximum atomic E-state index is 15.0. The van der Waals surface area contributed by atoms with Crippen molar-refractivity contribution in [1.29, 1.82) is 0 Å². The Balaban J connectivity index is 1.51. The number of carbonyl (C=O) groups excluding carboxylic acids is 4. The zero-order valence-electron chi connectivity index (χ0n) is 34.3. The van der Waals surface area contributed by atoms with E-state index in [4.69, 9.17) is 33.2 Å². The minimum atomic E-state index is -3.85. The number of aliphatic hydroxyl groups is 2. The lowest BCUT2D eigenvalue weighted by Gasteiger charge is -2.68. The van der Waals surface area contributed by atoms with Gasteiger partial charge in [0.15, 0.2) is 18.0 Å².